The number of hydrazine groups is 1. The number of piperidine rings is 1. The minimum absolute atomic E-state index is 0.00306. The molecular weight excluding hydrogens is 504 g/mol. The third-order valence-electron chi connectivity index (χ3n) is 8.62. The van der Waals surface area contributed by atoms with Crippen molar-refractivity contribution in [2.24, 2.45) is 0 Å². The van der Waals surface area contributed by atoms with Gasteiger partial charge in [-0.1, -0.05) is 18.2 Å². The SMILES string of the molecule is CC(=O)NNC(=O)c1ccc(-c2ccc(C(=O)N3CCc4cc5c(cc43)C3(CCN(C)CC3)CO5)cc2)c(C)c1. The molecule has 0 radical (unpaired) electrons. The Morgan fingerprint density at radius 1 is 0.900 bits per heavy atom. The van der Waals surface area contributed by atoms with Crippen LogP contribution in [0.25, 0.3) is 11.1 Å². The van der Waals surface area contributed by atoms with E-state index in [1.54, 1.807) is 12.1 Å². The first-order valence-corrected chi connectivity index (χ1v) is 13.8. The van der Waals surface area contributed by atoms with Crippen LogP contribution in [-0.2, 0) is 16.6 Å². The standard InChI is InChI=1S/C32H34N4O4/c1-20-16-25(30(38)34-33-21(2)37)8-9-26(20)22-4-6-23(7-5-22)31(39)36-13-10-24-17-29-27(18-28(24)36)32(19-40-29)11-14-35(3)15-12-32/h4-9,16-18H,10-15,19H2,1-3H3,(H,33,37)(H,34,38). The van der Waals surface area contributed by atoms with Crippen molar-refractivity contribution in [2.75, 3.05) is 38.2 Å². The first-order chi connectivity index (χ1) is 19.2. The third kappa shape index (κ3) is 4.62. The van der Waals surface area contributed by atoms with E-state index in [0.29, 0.717) is 17.7 Å². The maximum Gasteiger partial charge on any atom is 0.269 e. The Bertz CT molecular complexity index is 1510. The topological polar surface area (TPSA) is 91.0 Å². The molecule has 3 heterocycles. The van der Waals surface area contributed by atoms with Crippen molar-refractivity contribution in [2.45, 2.75) is 38.5 Å². The molecule has 0 atom stereocenters. The summed E-state index contributed by atoms with van der Waals surface area (Å²) in [6, 6.07) is 17.4. The number of nitrogens with one attached hydrogen (secondary N) is 2. The van der Waals surface area contributed by atoms with Gasteiger partial charge in [0.1, 0.15) is 5.75 Å². The maximum absolute atomic E-state index is 13.7. The highest BCUT2D eigenvalue weighted by Gasteiger charge is 2.44. The Kier molecular flexibility index (Phi) is 6.58. The Labute approximate surface area is 234 Å². The molecule has 8 heteroatoms. The lowest BCUT2D eigenvalue weighted by Gasteiger charge is -2.37. The Morgan fingerprint density at radius 2 is 1.62 bits per heavy atom. The number of ether oxygens (including phenoxy) is 1. The van der Waals surface area contributed by atoms with Crippen LogP contribution in [0.1, 0.15) is 57.2 Å². The number of rotatable bonds is 3. The molecule has 3 aromatic rings. The zero-order valence-electron chi connectivity index (χ0n) is 23.2. The van der Waals surface area contributed by atoms with Crippen LogP contribution in [0.3, 0.4) is 0 Å². The third-order valence-corrected chi connectivity index (χ3v) is 8.62. The van der Waals surface area contributed by atoms with E-state index in [2.05, 4.69) is 34.9 Å². The monoisotopic (exact) mass is 538 g/mol. The van der Waals surface area contributed by atoms with Gasteiger partial charge in [0, 0.05) is 41.3 Å². The molecule has 2 N–H and O–H groups in total. The van der Waals surface area contributed by atoms with Crippen molar-refractivity contribution in [3.05, 3.63) is 82.4 Å². The van der Waals surface area contributed by atoms with Gasteiger partial charge in [-0.3, -0.25) is 25.2 Å². The quantitative estimate of drug-likeness (QED) is 0.492. The molecule has 0 aliphatic carbocycles. The van der Waals surface area contributed by atoms with Gasteiger partial charge in [0.2, 0.25) is 5.91 Å². The average Bonchev–Trinajstić information content (AvgIpc) is 3.53. The van der Waals surface area contributed by atoms with Gasteiger partial charge in [-0.15, -0.1) is 0 Å². The molecule has 6 rings (SSSR count). The lowest BCUT2D eigenvalue weighted by molar-refractivity contribution is -0.119. The summed E-state index contributed by atoms with van der Waals surface area (Å²) in [6.07, 6.45) is 2.97. The van der Waals surface area contributed by atoms with Crippen LogP contribution in [0.4, 0.5) is 5.69 Å². The summed E-state index contributed by atoms with van der Waals surface area (Å²) in [5, 5.41) is 0. The minimum atomic E-state index is -0.379. The number of carbonyl (C=O) groups excluding carboxylic acids is 3. The van der Waals surface area contributed by atoms with Gasteiger partial charge in [0.05, 0.1) is 6.61 Å². The molecule has 1 fully saturated rings. The van der Waals surface area contributed by atoms with Crippen LogP contribution in [0.5, 0.6) is 5.75 Å². The van der Waals surface area contributed by atoms with Crippen LogP contribution >= 0.6 is 0 Å². The van der Waals surface area contributed by atoms with Gasteiger partial charge in [0.25, 0.3) is 11.8 Å². The highest BCUT2D eigenvalue weighted by atomic mass is 16.5. The molecule has 3 aromatic carbocycles. The average molecular weight is 539 g/mol. The molecule has 3 aliphatic rings. The normalized spacial score (nSPS) is 17.2. The molecule has 40 heavy (non-hydrogen) atoms. The van der Waals surface area contributed by atoms with Gasteiger partial charge in [-0.05, 0) is 105 Å². The minimum Gasteiger partial charge on any atom is -0.492 e. The van der Waals surface area contributed by atoms with Gasteiger partial charge in [-0.2, -0.15) is 0 Å². The predicted molar refractivity (Wildman–Crippen MR) is 154 cm³/mol. The lowest BCUT2D eigenvalue weighted by Crippen LogP contribution is -2.42. The smallest absolute Gasteiger partial charge is 0.269 e. The molecule has 1 saturated heterocycles. The van der Waals surface area contributed by atoms with E-state index in [0.717, 1.165) is 67.1 Å². The van der Waals surface area contributed by atoms with Crippen LogP contribution in [0.2, 0.25) is 0 Å². The molecule has 0 saturated carbocycles. The Morgan fingerprint density at radius 3 is 2.33 bits per heavy atom. The molecular formula is C32H34N4O4. The summed E-state index contributed by atoms with van der Waals surface area (Å²) < 4.78 is 6.18. The number of amides is 3. The van der Waals surface area contributed by atoms with Crippen molar-refractivity contribution in [3.63, 3.8) is 0 Å². The molecule has 3 aliphatic heterocycles. The van der Waals surface area contributed by atoms with Crippen LogP contribution in [-0.4, -0.2) is 55.9 Å². The summed E-state index contributed by atoms with van der Waals surface area (Å²) in [7, 11) is 2.17. The molecule has 8 nitrogen and oxygen atoms in total. The number of likely N-dealkylation sites (tertiary alicyclic amines) is 1. The number of hydrogen-bond donors (Lipinski definition) is 2. The van der Waals surface area contributed by atoms with E-state index in [1.165, 1.54) is 18.1 Å². The van der Waals surface area contributed by atoms with E-state index in [-0.39, 0.29) is 23.1 Å². The number of hydrogen-bond acceptors (Lipinski definition) is 5. The van der Waals surface area contributed by atoms with Crippen molar-refractivity contribution < 1.29 is 19.1 Å². The predicted octanol–water partition coefficient (Wildman–Crippen LogP) is 4.00. The molecule has 206 valence electrons. The van der Waals surface area contributed by atoms with Crippen LogP contribution < -0.4 is 20.5 Å². The maximum atomic E-state index is 13.7. The van der Waals surface area contributed by atoms with Gasteiger partial charge in [0.15, 0.2) is 0 Å². The highest BCUT2D eigenvalue weighted by molar-refractivity contribution is 6.07. The molecule has 1 spiro atoms. The second-order valence-corrected chi connectivity index (χ2v) is 11.3. The lowest BCUT2D eigenvalue weighted by atomic mass is 9.74. The number of fused-ring (bicyclic) bond motifs is 3. The summed E-state index contributed by atoms with van der Waals surface area (Å²) in [6.45, 7) is 6.77. The van der Waals surface area contributed by atoms with Crippen LogP contribution in [0, 0.1) is 6.92 Å². The van der Waals surface area contributed by atoms with E-state index in [9.17, 15) is 14.4 Å². The molecule has 3 amide bonds. The molecule has 0 bridgehead atoms. The van der Waals surface area contributed by atoms with E-state index < -0.39 is 0 Å². The fourth-order valence-corrected chi connectivity index (χ4v) is 6.21. The highest BCUT2D eigenvalue weighted by Crippen LogP contribution is 2.49. The van der Waals surface area contributed by atoms with Gasteiger partial charge >= 0.3 is 0 Å². The summed E-state index contributed by atoms with van der Waals surface area (Å²) >= 11 is 0. The first-order valence-electron chi connectivity index (χ1n) is 13.8. The Balaban J connectivity index is 1.21. The fourth-order valence-electron chi connectivity index (χ4n) is 6.21. The second-order valence-electron chi connectivity index (χ2n) is 11.3. The van der Waals surface area contributed by atoms with E-state index in [4.69, 9.17) is 4.74 Å². The Hall–Kier alpha value is -4.17. The van der Waals surface area contributed by atoms with Gasteiger partial charge < -0.3 is 14.5 Å². The summed E-state index contributed by atoms with van der Waals surface area (Å²) in [4.78, 5) is 41.3. The molecule has 0 unspecified atom stereocenters. The summed E-state index contributed by atoms with van der Waals surface area (Å²) in [5.41, 5.74) is 12.1. The van der Waals surface area contributed by atoms with Crippen LogP contribution in [0.15, 0.2) is 54.6 Å². The number of benzene rings is 3. The fraction of sp³-hybridized carbons (Fsp3) is 0.344. The largest absolute Gasteiger partial charge is 0.492 e. The zero-order chi connectivity index (χ0) is 28.0. The van der Waals surface area contributed by atoms with Crippen molar-refractivity contribution in [1.29, 1.82) is 0 Å². The number of nitrogens with zero attached hydrogens (tertiary/aromatic N) is 2. The first kappa shape index (κ1) is 26.1. The van der Waals surface area contributed by atoms with Gasteiger partial charge in [-0.25, -0.2) is 0 Å². The zero-order valence-corrected chi connectivity index (χ0v) is 23.2. The number of aryl methyl sites for hydroxylation is 1. The molecule has 0 aromatic heterocycles. The second kappa shape index (κ2) is 10.1. The van der Waals surface area contributed by atoms with Crippen molar-refractivity contribution in [3.8, 4) is 16.9 Å². The number of anilines is 1. The van der Waals surface area contributed by atoms with E-state index >= 15 is 0 Å². The number of carbonyl (C=O) groups is 3. The summed E-state index contributed by atoms with van der Waals surface area (Å²) in [5.74, 6) is 0.280. The van der Waals surface area contributed by atoms with E-state index in [1.807, 2.05) is 42.2 Å². The van der Waals surface area contributed by atoms with Crippen molar-refractivity contribution >= 4 is 23.4 Å². The van der Waals surface area contributed by atoms with Crippen molar-refractivity contribution in [1.82, 2.24) is 15.8 Å².